The predicted octanol–water partition coefficient (Wildman–Crippen LogP) is 7.17. The Kier molecular flexibility index (Phi) is 15.2. The minimum Gasteiger partial charge on any atom is -0.376 e. The molecule has 204 valence electrons. The normalized spacial score (nSPS) is 11.0. The Hall–Kier alpha value is -2.74. The molecule has 0 heterocycles. The summed E-state index contributed by atoms with van der Waals surface area (Å²) in [6.07, 6.45) is 10.2. The Balaban J connectivity index is 1.80. The van der Waals surface area contributed by atoms with Gasteiger partial charge < -0.3 is 4.74 Å². The molecule has 0 bridgehead atoms. The number of carbonyl (C=O) groups is 2. The van der Waals surface area contributed by atoms with Crippen LogP contribution in [0.2, 0.25) is 0 Å². The fourth-order valence-corrected chi connectivity index (χ4v) is 3.70. The van der Waals surface area contributed by atoms with Gasteiger partial charge in [0.2, 0.25) is 0 Å². The van der Waals surface area contributed by atoms with E-state index >= 15 is 0 Å². The maximum atomic E-state index is 12.4. The molecule has 0 aromatic heterocycles. The first-order valence-electron chi connectivity index (χ1n) is 13.6. The first-order valence-corrected chi connectivity index (χ1v) is 13.6. The summed E-state index contributed by atoms with van der Waals surface area (Å²) in [6, 6.07) is 14.5. The molecule has 0 radical (unpaired) electrons. The number of aryl methyl sites for hydroxylation is 2. The van der Waals surface area contributed by atoms with Crippen molar-refractivity contribution in [3.63, 3.8) is 0 Å². The zero-order chi connectivity index (χ0) is 26.7. The van der Waals surface area contributed by atoms with Crippen molar-refractivity contribution in [1.29, 1.82) is 0 Å². The van der Waals surface area contributed by atoms with Gasteiger partial charge in [-0.1, -0.05) is 76.6 Å². The van der Waals surface area contributed by atoms with E-state index in [1.54, 1.807) is 31.2 Å². The van der Waals surface area contributed by atoms with Gasteiger partial charge in [0.15, 0.2) is 0 Å². The average Bonchev–Trinajstić information content (AvgIpc) is 2.93. The maximum absolute atomic E-state index is 12.4. The van der Waals surface area contributed by atoms with Gasteiger partial charge in [-0.05, 0) is 68.0 Å². The Morgan fingerprint density at radius 3 is 1.43 bits per heavy atom. The van der Waals surface area contributed by atoms with E-state index in [1.165, 1.54) is 49.7 Å². The largest absolute Gasteiger partial charge is 0.376 e. The standard InChI is InChI=1S/C30H42O7/c1-4-7-9-11-13-24-15-19-26(20-16-24)29(31)36-34-28(23-33-6-3)35-37-30(32)27-21-17-25(18-22-27)14-12-10-8-5-2/h15-22,28H,4-14,23H2,1-3H3. The topological polar surface area (TPSA) is 80.3 Å². The fourth-order valence-electron chi connectivity index (χ4n) is 3.70. The Morgan fingerprint density at radius 1 is 0.622 bits per heavy atom. The van der Waals surface area contributed by atoms with Crippen molar-refractivity contribution in [3.05, 3.63) is 70.8 Å². The lowest BCUT2D eigenvalue weighted by Crippen LogP contribution is -2.26. The molecule has 0 saturated heterocycles. The number of unbranched alkanes of at least 4 members (excludes halogenated alkanes) is 6. The molecule has 0 amide bonds. The molecule has 2 aromatic rings. The summed E-state index contributed by atoms with van der Waals surface area (Å²) in [5.74, 6) is -1.35. The van der Waals surface area contributed by atoms with E-state index < -0.39 is 18.2 Å². The van der Waals surface area contributed by atoms with Gasteiger partial charge >= 0.3 is 11.9 Å². The van der Waals surface area contributed by atoms with Gasteiger partial charge in [0, 0.05) is 6.61 Å². The van der Waals surface area contributed by atoms with Crippen LogP contribution < -0.4 is 0 Å². The van der Waals surface area contributed by atoms with Crippen molar-refractivity contribution < 1.29 is 33.9 Å². The first kappa shape index (κ1) is 30.5. The minimum absolute atomic E-state index is 0.0928. The molecule has 7 heteroatoms. The van der Waals surface area contributed by atoms with Crippen molar-refractivity contribution in [1.82, 2.24) is 0 Å². The van der Waals surface area contributed by atoms with Crippen LogP contribution in [0.25, 0.3) is 0 Å². The molecule has 0 N–H and O–H groups in total. The van der Waals surface area contributed by atoms with Crippen LogP contribution in [0, 0.1) is 0 Å². The van der Waals surface area contributed by atoms with Gasteiger partial charge in [-0.2, -0.15) is 0 Å². The van der Waals surface area contributed by atoms with Crippen LogP contribution in [-0.4, -0.2) is 31.4 Å². The zero-order valence-corrected chi connectivity index (χ0v) is 22.5. The van der Waals surface area contributed by atoms with Gasteiger partial charge in [-0.25, -0.2) is 9.59 Å². The number of benzene rings is 2. The fraction of sp³-hybridized carbons (Fsp3) is 0.533. The molecule has 0 saturated carbocycles. The third kappa shape index (κ3) is 12.4. The summed E-state index contributed by atoms with van der Waals surface area (Å²) in [5.41, 5.74) is 3.03. The van der Waals surface area contributed by atoms with Crippen molar-refractivity contribution in [2.75, 3.05) is 13.2 Å². The summed E-state index contributed by atoms with van der Waals surface area (Å²) in [5, 5.41) is 0. The van der Waals surface area contributed by atoms with Gasteiger partial charge in [0.25, 0.3) is 6.29 Å². The third-order valence-electron chi connectivity index (χ3n) is 5.94. The van der Waals surface area contributed by atoms with Crippen LogP contribution >= 0.6 is 0 Å². The second kappa shape index (κ2) is 18.5. The molecule has 0 atom stereocenters. The second-order valence-corrected chi connectivity index (χ2v) is 9.04. The number of carbonyl (C=O) groups excluding carboxylic acids is 2. The summed E-state index contributed by atoms with van der Waals surface area (Å²) in [6.45, 7) is 6.45. The van der Waals surface area contributed by atoms with Crippen LogP contribution in [0.3, 0.4) is 0 Å². The molecule has 37 heavy (non-hydrogen) atoms. The van der Waals surface area contributed by atoms with E-state index in [2.05, 4.69) is 13.8 Å². The highest BCUT2D eigenvalue weighted by Gasteiger charge is 2.20. The lowest BCUT2D eigenvalue weighted by molar-refractivity contribution is -0.426. The SMILES string of the molecule is CCCCCCc1ccc(C(=O)OOC(COCC)OOC(=O)c2ccc(CCCCCC)cc2)cc1. The quantitative estimate of drug-likeness (QED) is 0.0850. The molecule has 0 aliphatic carbocycles. The summed E-state index contributed by atoms with van der Waals surface area (Å²) in [7, 11) is 0. The lowest BCUT2D eigenvalue weighted by Gasteiger charge is -2.15. The molecule has 7 nitrogen and oxygen atoms in total. The van der Waals surface area contributed by atoms with Gasteiger partial charge in [0.05, 0.1) is 11.1 Å². The van der Waals surface area contributed by atoms with Crippen LogP contribution in [0.1, 0.15) is 104 Å². The molecule has 0 aliphatic heterocycles. The van der Waals surface area contributed by atoms with E-state index in [9.17, 15) is 9.59 Å². The molecular weight excluding hydrogens is 472 g/mol. The van der Waals surface area contributed by atoms with E-state index in [0.717, 1.165) is 25.7 Å². The Morgan fingerprint density at radius 2 is 1.05 bits per heavy atom. The lowest BCUT2D eigenvalue weighted by atomic mass is 10.0. The molecule has 2 rings (SSSR count). The van der Waals surface area contributed by atoms with Gasteiger partial charge in [-0.15, -0.1) is 9.78 Å². The highest BCUT2D eigenvalue weighted by Crippen LogP contribution is 2.13. The smallest absolute Gasteiger partial charge is 0.373 e. The average molecular weight is 515 g/mol. The van der Waals surface area contributed by atoms with E-state index in [1.807, 2.05) is 24.3 Å². The number of hydrogen-bond donors (Lipinski definition) is 0. The third-order valence-corrected chi connectivity index (χ3v) is 5.94. The monoisotopic (exact) mass is 514 g/mol. The van der Waals surface area contributed by atoms with Gasteiger partial charge in [0.1, 0.15) is 6.61 Å². The van der Waals surface area contributed by atoms with Crippen molar-refractivity contribution in [2.24, 2.45) is 0 Å². The molecule has 0 unspecified atom stereocenters. The minimum atomic E-state index is -1.23. The number of ether oxygens (including phenoxy) is 1. The van der Waals surface area contributed by atoms with E-state index in [0.29, 0.717) is 17.7 Å². The Bertz CT molecular complexity index is 822. The van der Waals surface area contributed by atoms with Crippen molar-refractivity contribution >= 4 is 11.9 Å². The highest BCUT2D eigenvalue weighted by atomic mass is 17.3. The first-order chi connectivity index (χ1) is 18.1. The Labute approximate surface area is 221 Å². The van der Waals surface area contributed by atoms with E-state index in [-0.39, 0.29) is 6.61 Å². The molecule has 0 fully saturated rings. The number of rotatable bonds is 19. The molecule has 0 spiro atoms. The van der Waals surface area contributed by atoms with Crippen molar-refractivity contribution in [3.8, 4) is 0 Å². The molecule has 0 aliphatic rings. The summed E-state index contributed by atoms with van der Waals surface area (Å²) >= 11 is 0. The molecule has 2 aromatic carbocycles. The highest BCUT2D eigenvalue weighted by molar-refractivity contribution is 5.89. The predicted molar refractivity (Wildman–Crippen MR) is 142 cm³/mol. The van der Waals surface area contributed by atoms with Crippen LogP contribution in [0.5, 0.6) is 0 Å². The van der Waals surface area contributed by atoms with Crippen molar-refractivity contribution in [2.45, 2.75) is 91.3 Å². The van der Waals surface area contributed by atoms with Crippen LogP contribution in [0.4, 0.5) is 0 Å². The second-order valence-electron chi connectivity index (χ2n) is 9.04. The van der Waals surface area contributed by atoms with Gasteiger partial charge in [-0.3, -0.25) is 9.78 Å². The van der Waals surface area contributed by atoms with Crippen LogP contribution in [-0.2, 0) is 37.1 Å². The molecular formula is C30H42O7. The maximum Gasteiger partial charge on any atom is 0.373 e. The van der Waals surface area contributed by atoms with Crippen LogP contribution in [0.15, 0.2) is 48.5 Å². The summed E-state index contributed by atoms with van der Waals surface area (Å²) in [4.78, 5) is 44.8. The summed E-state index contributed by atoms with van der Waals surface area (Å²) < 4.78 is 5.28. The number of hydrogen-bond acceptors (Lipinski definition) is 7. The zero-order valence-electron chi connectivity index (χ0n) is 22.5. The van der Waals surface area contributed by atoms with E-state index in [4.69, 9.17) is 24.3 Å².